The molecule has 3 heterocycles. The number of nitrogens with one attached hydrogen (secondary N) is 1. The molecule has 2 aliphatic heterocycles. The van der Waals surface area contributed by atoms with Crippen LogP contribution in [-0.2, 0) is 9.47 Å². The summed E-state index contributed by atoms with van der Waals surface area (Å²) in [5.74, 6) is 0.321. The van der Waals surface area contributed by atoms with Crippen molar-refractivity contribution < 1.29 is 14.6 Å². The number of aromatic hydroxyl groups is 1. The van der Waals surface area contributed by atoms with Gasteiger partial charge in [0.25, 0.3) is 0 Å². The molecule has 1 saturated carbocycles. The van der Waals surface area contributed by atoms with E-state index in [1.807, 2.05) is 0 Å². The van der Waals surface area contributed by atoms with Gasteiger partial charge in [-0.25, -0.2) is 0 Å². The fourth-order valence-corrected chi connectivity index (χ4v) is 4.39. The van der Waals surface area contributed by atoms with E-state index in [2.05, 4.69) is 33.1 Å². The standard InChI is InChI=1S/C21H27N3O3/c25-21-20(18-13-27-11-8-22-18)17-12-15(23-14-2-1-3-14)4-5-19(17)24(21)16-6-9-26-10-7-16/h4-5,12,14,16,23,25H,1-3,6-11,13H2. The number of benzene rings is 1. The van der Waals surface area contributed by atoms with Gasteiger partial charge in [-0.05, 0) is 50.3 Å². The summed E-state index contributed by atoms with van der Waals surface area (Å²) in [6.07, 6.45) is 5.61. The molecule has 0 bridgehead atoms. The van der Waals surface area contributed by atoms with Gasteiger partial charge in [-0.1, -0.05) is 0 Å². The fourth-order valence-electron chi connectivity index (χ4n) is 4.39. The molecule has 0 atom stereocenters. The van der Waals surface area contributed by atoms with Crippen molar-refractivity contribution in [2.24, 2.45) is 4.99 Å². The summed E-state index contributed by atoms with van der Waals surface area (Å²) < 4.78 is 13.3. The van der Waals surface area contributed by atoms with E-state index >= 15 is 0 Å². The molecule has 144 valence electrons. The molecule has 2 fully saturated rings. The number of hydrogen-bond donors (Lipinski definition) is 2. The summed E-state index contributed by atoms with van der Waals surface area (Å²) in [6.45, 7) is 3.24. The number of hydrogen-bond acceptors (Lipinski definition) is 5. The highest BCUT2D eigenvalue weighted by Crippen LogP contribution is 2.39. The van der Waals surface area contributed by atoms with Gasteiger partial charge >= 0.3 is 0 Å². The van der Waals surface area contributed by atoms with E-state index in [9.17, 15) is 5.11 Å². The van der Waals surface area contributed by atoms with E-state index in [1.54, 1.807) is 0 Å². The molecule has 0 radical (unpaired) electrons. The molecule has 5 rings (SSSR count). The number of rotatable bonds is 4. The smallest absolute Gasteiger partial charge is 0.201 e. The number of aromatic nitrogens is 1. The molecule has 2 N–H and O–H groups in total. The molecular weight excluding hydrogens is 342 g/mol. The van der Waals surface area contributed by atoms with Gasteiger partial charge in [-0.2, -0.15) is 0 Å². The topological polar surface area (TPSA) is 68.0 Å². The fraction of sp³-hybridized carbons (Fsp3) is 0.571. The summed E-state index contributed by atoms with van der Waals surface area (Å²) in [5.41, 5.74) is 3.89. The lowest BCUT2D eigenvalue weighted by molar-refractivity contribution is 0.0688. The van der Waals surface area contributed by atoms with Crippen molar-refractivity contribution >= 4 is 22.3 Å². The van der Waals surface area contributed by atoms with Crippen LogP contribution >= 0.6 is 0 Å². The largest absolute Gasteiger partial charge is 0.494 e. The molecule has 1 aromatic heterocycles. The number of anilines is 1. The first kappa shape index (κ1) is 17.1. The van der Waals surface area contributed by atoms with Gasteiger partial charge in [0.1, 0.15) is 0 Å². The summed E-state index contributed by atoms with van der Waals surface area (Å²) in [6, 6.07) is 7.28. The third kappa shape index (κ3) is 3.11. The van der Waals surface area contributed by atoms with Gasteiger partial charge in [0.2, 0.25) is 5.88 Å². The van der Waals surface area contributed by atoms with Crippen molar-refractivity contribution in [3.63, 3.8) is 0 Å². The van der Waals surface area contributed by atoms with E-state index < -0.39 is 0 Å². The molecule has 27 heavy (non-hydrogen) atoms. The molecule has 1 aliphatic carbocycles. The summed E-state index contributed by atoms with van der Waals surface area (Å²) in [7, 11) is 0. The van der Waals surface area contributed by atoms with Crippen LogP contribution in [0.4, 0.5) is 5.69 Å². The highest BCUT2D eigenvalue weighted by Gasteiger charge is 2.28. The zero-order valence-corrected chi connectivity index (χ0v) is 15.6. The second-order valence-electron chi connectivity index (χ2n) is 7.80. The van der Waals surface area contributed by atoms with Gasteiger partial charge < -0.3 is 24.5 Å². The zero-order chi connectivity index (χ0) is 18.2. The van der Waals surface area contributed by atoms with Crippen molar-refractivity contribution in [3.05, 3.63) is 23.8 Å². The third-order valence-corrected chi connectivity index (χ3v) is 6.07. The molecule has 0 amide bonds. The number of fused-ring (bicyclic) bond motifs is 1. The Morgan fingerprint density at radius 2 is 1.93 bits per heavy atom. The van der Waals surface area contributed by atoms with Crippen LogP contribution in [-0.4, -0.2) is 54.4 Å². The van der Waals surface area contributed by atoms with Gasteiger partial charge in [0.05, 0.1) is 36.6 Å². The Kier molecular flexibility index (Phi) is 4.53. The number of nitrogens with zero attached hydrogens (tertiary/aromatic N) is 2. The number of aliphatic imine (C=N–C) groups is 1. The van der Waals surface area contributed by atoms with E-state index in [1.165, 1.54) is 19.3 Å². The average Bonchev–Trinajstić information content (AvgIpc) is 2.97. The molecule has 0 unspecified atom stereocenters. The van der Waals surface area contributed by atoms with Gasteiger partial charge in [-0.3, -0.25) is 4.99 Å². The minimum absolute atomic E-state index is 0.255. The van der Waals surface area contributed by atoms with E-state index in [0.717, 1.165) is 53.9 Å². The Morgan fingerprint density at radius 1 is 1.07 bits per heavy atom. The van der Waals surface area contributed by atoms with Crippen LogP contribution < -0.4 is 5.32 Å². The van der Waals surface area contributed by atoms with E-state index in [0.29, 0.717) is 31.7 Å². The molecule has 1 saturated heterocycles. The summed E-state index contributed by atoms with van der Waals surface area (Å²) in [5, 5.41) is 15.9. The van der Waals surface area contributed by atoms with Crippen LogP contribution in [0.1, 0.15) is 43.7 Å². The maximum atomic E-state index is 11.2. The Morgan fingerprint density at radius 3 is 2.63 bits per heavy atom. The highest BCUT2D eigenvalue weighted by atomic mass is 16.5. The minimum atomic E-state index is 0.255. The van der Waals surface area contributed by atoms with Crippen molar-refractivity contribution in [3.8, 4) is 5.88 Å². The molecule has 6 heteroatoms. The van der Waals surface area contributed by atoms with E-state index in [4.69, 9.17) is 9.47 Å². The second kappa shape index (κ2) is 7.17. The minimum Gasteiger partial charge on any atom is -0.494 e. The number of ether oxygens (including phenoxy) is 2. The van der Waals surface area contributed by atoms with Crippen LogP contribution in [0.25, 0.3) is 10.9 Å². The first-order valence-electron chi connectivity index (χ1n) is 10.1. The predicted molar refractivity (Wildman–Crippen MR) is 106 cm³/mol. The zero-order valence-electron chi connectivity index (χ0n) is 15.6. The van der Waals surface area contributed by atoms with Crippen LogP contribution in [0, 0.1) is 0 Å². The predicted octanol–water partition coefficient (Wildman–Crippen LogP) is 3.48. The van der Waals surface area contributed by atoms with E-state index in [-0.39, 0.29) is 6.04 Å². The first-order chi connectivity index (χ1) is 13.3. The first-order valence-corrected chi connectivity index (χ1v) is 10.1. The Bertz CT molecular complexity index is 863. The molecule has 3 aliphatic rings. The van der Waals surface area contributed by atoms with Crippen molar-refractivity contribution in [1.29, 1.82) is 0 Å². The van der Waals surface area contributed by atoms with Crippen LogP contribution in [0.2, 0.25) is 0 Å². The lowest BCUT2D eigenvalue weighted by Crippen LogP contribution is -2.26. The van der Waals surface area contributed by atoms with Crippen LogP contribution in [0.3, 0.4) is 0 Å². The maximum Gasteiger partial charge on any atom is 0.201 e. The van der Waals surface area contributed by atoms with Crippen molar-refractivity contribution in [2.75, 3.05) is 38.3 Å². The molecule has 1 aromatic carbocycles. The monoisotopic (exact) mass is 369 g/mol. The van der Waals surface area contributed by atoms with Crippen LogP contribution in [0.15, 0.2) is 23.2 Å². The SMILES string of the molecule is Oc1c(C2=NCCOC2)c2cc(NC3CCC3)ccc2n1C1CCOCC1. The third-order valence-electron chi connectivity index (χ3n) is 6.07. The lowest BCUT2D eigenvalue weighted by atomic mass is 9.93. The molecule has 2 aromatic rings. The molecule has 6 nitrogen and oxygen atoms in total. The Balaban J connectivity index is 1.62. The Hall–Kier alpha value is -2.05. The molecular formula is C21H27N3O3. The highest BCUT2D eigenvalue weighted by molar-refractivity contribution is 6.14. The van der Waals surface area contributed by atoms with Gasteiger partial charge in [0, 0.05) is 36.4 Å². The van der Waals surface area contributed by atoms with Crippen LogP contribution in [0.5, 0.6) is 5.88 Å². The quantitative estimate of drug-likeness (QED) is 0.866. The van der Waals surface area contributed by atoms with Crippen molar-refractivity contribution in [2.45, 2.75) is 44.2 Å². The average molecular weight is 369 g/mol. The Labute approximate surface area is 159 Å². The lowest BCUT2D eigenvalue weighted by Gasteiger charge is -2.27. The summed E-state index contributed by atoms with van der Waals surface area (Å²) in [4.78, 5) is 4.66. The molecule has 0 spiro atoms. The summed E-state index contributed by atoms with van der Waals surface area (Å²) >= 11 is 0. The van der Waals surface area contributed by atoms with Gasteiger partial charge in [0.15, 0.2) is 0 Å². The normalized spacial score (nSPS) is 21.9. The maximum absolute atomic E-state index is 11.2. The second-order valence-corrected chi connectivity index (χ2v) is 7.80. The van der Waals surface area contributed by atoms with Gasteiger partial charge in [-0.15, -0.1) is 0 Å². The van der Waals surface area contributed by atoms with Crippen molar-refractivity contribution in [1.82, 2.24) is 4.57 Å².